The molecule has 0 bridgehead atoms. The Labute approximate surface area is 192 Å². The zero-order chi connectivity index (χ0) is 24.1. The van der Waals surface area contributed by atoms with Crippen molar-refractivity contribution in [1.82, 2.24) is 20.2 Å². The van der Waals surface area contributed by atoms with Crippen LogP contribution in [-0.2, 0) is 15.7 Å². The first-order valence-corrected chi connectivity index (χ1v) is 10.6. The van der Waals surface area contributed by atoms with Crippen LogP contribution in [0.4, 0.5) is 13.2 Å². The third-order valence-corrected chi connectivity index (χ3v) is 5.17. The lowest BCUT2D eigenvalue weighted by atomic mass is 10.2. The third-order valence-electron chi connectivity index (χ3n) is 5.17. The second-order valence-electron chi connectivity index (χ2n) is 7.53. The van der Waals surface area contributed by atoms with Gasteiger partial charge in [0.2, 0.25) is 11.8 Å². The summed E-state index contributed by atoms with van der Waals surface area (Å²) in [5.74, 6) is -0.0561. The van der Waals surface area contributed by atoms with Gasteiger partial charge in [-0.1, -0.05) is 6.07 Å². The van der Waals surface area contributed by atoms with Crippen LogP contribution in [0, 0.1) is 0 Å². The molecular formula is C23H21F3N4O4. The number of pyridine rings is 2. The number of hydrogen-bond donors (Lipinski definition) is 1. The van der Waals surface area contributed by atoms with Gasteiger partial charge in [-0.15, -0.1) is 0 Å². The molecule has 1 aliphatic rings. The van der Waals surface area contributed by atoms with Crippen LogP contribution in [0.15, 0.2) is 48.7 Å². The molecule has 0 spiro atoms. The maximum Gasteiger partial charge on any atom is 0.417 e. The highest BCUT2D eigenvalue weighted by molar-refractivity contribution is 5.95. The van der Waals surface area contributed by atoms with E-state index >= 15 is 0 Å². The average molecular weight is 474 g/mol. The van der Waals surface area contributed by atoms with Gasteiger partial charge in [-0.25, -0.2) is 9.97 Å². The van der Waals surface area contributed by atoms with Crippen LogP contribution >= 0.6 is 0 Å². The first-order valence-electron chi connectivity index (χ1n) is 10.6. The van der Waals surface area contributed by atoms with Gasteiger partial charge < -0.3 is 19.7 Å². The van der Waals surface area contributed by atoms with Crippen molar-refractivity contribution in [3.8, 4) is 11.6 Å². The molecule has 178 valence electrons. The minimum Gasteiger partial charge on any atom is -0.439 e. The fourth-order valence-electron chi connectivity index (χ4n) is 3.37. The Balaban J connectivity index is 1.35. The smallest absolute Gasteiger partial charge is 0.417 e. The number of fused-ring (bicyclic) bond motifs is 1. The van der Waals surface area contributed by atoms with E-state index in [-0.39, 0.29) is 30.4 Å². The number of alkyl halides is 3. The van der Waals surface area contributed by atoms with Gasteiger partial charge in [-0.2, -0.15) is 13.2 Å². The second-order valence-corrected chi connectivity index (χ2v) is 7.53. The Hall–Kier alpha value is -3.73. The van der Waals surface area contributed by atoms with Crippen molar-refractivity contribution in [1.29, 1.82) is 0 Å². The summed E-state index contributed by atoms with van der Waals surface area (Å²) in [6.07, 6.45) is -3.57. The van der Waals surface area contributed by atoms with Gasteiger partial charge in [0.15, 0.2) is 0 Å². The number of benzene rings is 1. The summed E-state index contributed by atoms with van der Waals surface area (Å²) in [6, 6.07) is 10.1. The number of amides is 2. The third kappa shape index (κ3) is 5.79. The van der Waals surface area contributed by atoms with Crippen molar-refractivity contribution in [3.05, 3.63) is 59.9 Å². The van der Waals surface area contributed by atoms with Crippen LogP contribution < -0.4 is 10.1 Å². The van der Waals surface area contributed by atoms with Gasteiger partial charge in [0.1, 0.15) is 11.4 Å². The molecule has 0 atom stereocenters. The monoisotopic (exact) mass is 474 g/mol. The molecule has 0 radical (unpaired) electrons. The lowest BCUT2D eigenvalue weighted by Gasteiger charge is -2.26. The number of rotatable bonds is 6. The summed E-state index contributed by atoms with van der Waals surface area (Å²) in [7, 11) is 0. The van der Waals surface area contributed by atoms with Crippen LogP contribution in [0.1, 0.15) is 22.5 Å². The van der Waals surface area contributed by atoms with Crippen LogP contribution in [0.3, 0.4) is 0 Å². The lowest BCUT2D eigenvalue weighted by molar-refractivity contribution is -0.138. The van der Waals surface area contributed by atoms with E-state index in [9.17, 15) is 22.8 Å². The van der Waals surface area contributed by atoms with Crippen molar-refractivity contribution in [3.63, 3.8) is 0 Å². The van der Waals surface area contributed by atoms with Crippen LogP contribution in [-0.4, -0.2) is 59.5 Å². The highest BCUT2D eigenvalue weighted by Gasteiger charge is 2.30. The highest BCUT2D eigenvalue weighted by Crippen LogP contribution is 2.30. The minimum atomic E-state index is -4.47. The van der Waals surface area contributed by atoms with Gasteiger partial charge in [0.05, 0.1) is 24.3 Å². The lowest BCUT2D eigenvalue weighted by Crippen LogP contribution is -2.42. The van der Waals surface area contributed by atoms with Crippen molar-refractivity contribution >= 4 is 22.7 Å². The van der Waals surface area contributed by atoms with E-state index in [1.165, 1.54) is 0 Å². The fraction of sp³-hybridized carbons (Fsp3) is 0.304. The standard InChI is InChI=1S/C23H21F3N4O4/c24-23(25,26)16-2-6-20(28-14-16)34-17-3-5-18-15(13-17)1-4-19(29-18)22(32)27-8-7-21(31)30-9-11-33-12-10-30/h1-6,13-14H,7-12H2,(H,27,32). The maximum absolute atomic E-state index is 12.7. The quantitative estimate of drug-likeness (QED) is 0.589. The number of nitrogens with zero attached hydrogens (tertiary/aromatic N) is 3. The Morgan fingerprint density at radius 2 is 1.88 bits per heavy atom. The normalized spacial score (nSPS) is 14.1. The summed E-state index contributed by atoms with van der Waals surface area (Å²) < 4.78 is 48.7. The number of halogens is 3. The van der Waals surface area contributed by atoms with Crippen LogP contribution in [0.2, 0.25) is 0 Å². The molecule has 8 nitrogen and oxygen atoms in total. The number of ether oxygens (including phenoxy) is 2. The summed E-state index contributed by atoms with van der Waals surface area (Å²) in [5, 5.41) is 3.37. The molecule has 3 aromatic rings. The molecule has 1 aromatic carbocycles. The SMILES string of the molecule is O=C(NCCC(=O)N1CCOCC1)c1ccc2cc(Oc3ccc(C(F)(F)F)cn3)ccc2n1. The van der Waals surface area contributed by atoms with Gasteiger partial charge in [-0.3, -0.25) is 9.59 Å². The van der Waals surface area contributed by atoms with Gasteiger partial charge in [-0.05, 0) is 30.3 Å². The topological polar surface area (TPSA) is 93.7 Å². The van der Waals surface area contributed by atoms with Crippen molar-refractivity contribution in [2.24, 2.45) is 0 Å². The van der Waals surface area contributed by atoms with E-state index in [0.717, 1.165) is 12.1 Å². The average Bonchev–Trinajstić information content (AvgIpc) is 2.84. The number of morpholine rings is 1. The van der Waals surface area contributed by atoms with Crippen molar-refractivity contribution in [2.45, 2.75) is 12.6 Å². The summed E-state index contributed by atoms with van der Waals surface area (Å²) in [4.78, 5) is 34.3. The molecule has 0 saturated carbocycles. The van der Waals surface area contributed by atoms with Crippen molar-refractivity contribution in [2.75, 3.05) is 32.8 Å². The molecule has 1 N–H and O–H groups in total. The Morgan fingerprint density at radius 1 is 1.09 bits per heavy atom. The predicted molar refractivity (Wildman–Crippen MR) is 115 cm³/mol. The molecule has 1 aliphatic heterocycles. The molecule has 2 amide bonds. The number of aromatic nitrogens is 2. The zero-order valence-electron chi connectivity index (χ0n) is 18.0. The first kappa shape index (κ1) is 23.4. The van der Waals surface area contributed by atoms with E-state index in [1.54, 1.807) is 35.2 Å². The predicted octanol–water partition coefficient (Wildman–Crippen LogP) is 3.42. The molecule has 1 saturated heterocycles. The van der Waals surface area contributed by atoms with E-state index in [4.69, 9.17) is 9.47 Å². The molecule has 11 heteroatoms. The fourth-order valence-corrected chi connectivity index (χ4v) is 3.37. The van der Waals surface area contributed by atoms with Crippen molar-refractivity contribution < 1.29 is 32.2 Å². The molecule has 34 heavy (non-hydrogen) atoms. The zero-order valence-corrected chi connectivity index (χ0v) is 18.0. The Kier molecular flexibility index (Phi) is 6.92. The molecule has 2 aromatic heterocycles. The number of nitrogens with one attached hydrogen (secondary N) is 1. The Bertz CT molecular complexity index is 1180. The van der Waals surface area contributed by atoms with E-state index < -0.39 is 17.6 Å². The minimum absolute atomic E-state index is 0.0166. The first-order chi connectivity index (χ1) is 16.3. The van der Waals surface area contributed by atoms with E-state index in [1.807, 2.05) is 0 Å². The molecule has 3 heterocycles. The summed E-state index contributed by atoms with van der Waals surface area (Å²) >= 11 is 0. The summed E-state index contributed by atoms with van der Waals surface area (Å²) in [5.41, 5.74) is -0.131. The van der Waals surface area contributed by atoms with Crippen LogP contribution in [0.5, 0.6) is 11.6 Å². The highest BCUT2D eigenvalue weighted by atomic mass is 19.4. The van der Waals surface area contributed by atoms with E-state index in [2.05, 4.69) is 15.3 Å². The molecule has 1 fully saturated rings. The number of carbonyl (C=O) groups is 2. The maximum atomic E-state index is 12.7. The van der Waals surface area contributed by atoms with Gasteiger partial charge in [0, 0.05) is 43.7 Å². The van der Waals surface area contributed by atoms with Gasteiger partial charge >= 0.3 is 6.18 Å². The second kappa shape index (κ2) is 10.0. The van der Waals surface area contributed by atoms with Gasteiger partial charge in [0.25, 0.3) is 5.91 Å². The molecular weight excluding hydrogens is 453 g/mol. The Morgan fingerprint density at radius 3 is 2.59 bits per heavy atom. The molecule has 4 rings (SSSR count). The number of hydrogen-bond acceptors (Lipinski definition) is 6. The molecule has 0 unspecified atom stereocenters. The molecule has 0 aliphatic carbocycles. The number of carbonyl (C=O) groups excluding carboxylic acids is 2. The van der Waals surface area contributed by atoms with Crippen LogP contribution in [0.25, 0.3) is 10.9 Å². The largest absolute Gasteiger partial charge is 0.439 e. The van der Waals surface area contributed by atoms with E-state index in [0.29, 0.717) is 49.2 Å². The summed E-state index contributed by atoms with van der Waals surface area (Å²) in [6.45, 7) is 2.35.